The summed E-state index contributed by atoms with van der Waals surface area (Å²) in [5.74, 6) is -0.167. The van der Waals surface area contributed by atoms with Gasteiger partial charge >= 0.3 is 0 Å². The van der Waals surface area contributed by atoms with Gasteiger partial charge in [0, 0.05) is 15.4 Å². The van der Waals surface area contributed by atoms with Crippen molar-refractivity contribution in [3.05, 3.63) is 59.4 Å². The van der Waals surface area contributed by atoms with E-state index >= 15 is 0 Å². The summed E-state index contributed by atoms with van der Waals surface area (Å²) in [4.78, 5) is 2.06. The van der Waals surface area contributed by atoms with Crippen molar-refractivity contribution in [3.8, 4) is 0 Å². The summed E-state index contributed by atoms with van der Waals surface area (Å²) < 4.78 is 12.8. The molecule has 3 N–H and O–H groups in total. The van der Waals surface area contributed by atoms with E-state index < -0.39 is 0 Å². The number of nitrogens with two attached hydrogens (primary N) is 1. The third-order valence-corrected chi connectivity index (χ3v) is 3.71. The van der Waals surface area contributed by atoms with Crippen LogP contribution >= 0.6 is 11.8 Å². The molecule has 2 rings (SSSR count). The number of nitrogens with one attached hydrogen (secondary N) is 1. The number of hydrogen-bond acceptors (Lipinski definition) is 2. The molecule has 0 saturated heterocycles. The van der Waals surface area contributed by atoms with E-state index in [0.717, 1.165) is 20.9 Å². The fourth-order valence-corrected chi connectivity index (χ4v) is 2.44. The summed E-state index contributed by atoms with van der Waals surface area (Å²) in [7, 11) is 0. The monoisotopic (exact) mass is 260 g/mol. The lowest BCUT2D eigenvalue weighted by Crippen LogP contribution is -2.10. The Hall–Kier alpha value is -1.81. The smallest absolute Gasteiger partial charge is 0.123 e. The molecule has 4 heteroatoms. The fourth-order valence-electron chi connectivity index (χ4n) is 1.56. The van der Waals surface area contributed by atoms with E-state index in [9.17, 15) is 4.39 Å². The molecule has 18 heavy (non-hydrogen) atoms. The maximum Gasteiger partial charge on any atom is 0.123 e. The Bertz CT molecular complexity index is 579. The van der Waals surface area contributed by atoms with Crippen LogP contribution in [-0.2, 0) is 0 Å². The molecule has 0 atom stereocenters. The van der Waals surface area contributed by atoms with Gasteiger partial charge in [0.2, 0.25) is 0 Å². The number of benzene rings is 2. The lowest BCUT2D eigenvalue weighted by Gasteiger charge is -2.07. The predicted octanol–water partition coefficient (Wildman–Crippen LogP) is 3.57. The van der Waals surface area contributed by atoms with Crippen LogP contribution in [0.3, 0.4) is 0 Å². The second kappa shape index (κ2) is 5.23. The standard InChI is InChI=1S/C14H13FN2S/c1-9-8-10(14(16)17)2-7-13(9)18-12-5-3-11(15)4-6-12/h2-8H,1H3,(H3,16,17). The van der Waals surface area contributed by atoms with Crippen molar-refractivity contribution >= 4 is 17.6 Å². The molecule has 0 saturated carbocycles. The van der Waals surface area contributed by atoms with Crippen LogP contribution in [0.4, 0.5) is 4.39 Å². The third-order valence-electron chi connectivity index (χ3n) is 2.53. The zero-order valence-corrected chi connectivity index (χ0v) is 10.7. The predicted molar refractivity (Wildman–Crippen MR) is 72.7 cm³/mol. The SMILES string of the molecule is Cc1cc(C(=N)N)ccc1Sc1ccc(F)cc1. The van der Waals surface area contributed by atoms with E-state index in [-0.39, 0.29) is 11.7 Å². The highest BCUT2D eigenvalue weighted by molar-refractivity contribution is 7.99. The first-order valence-electron chi connectivity index (χ1n) is 5.45. The lowest BCUT2D eigenvalue weighted by atomic mass is 10.1. The quantitative estimate of drug-likeness (QED) is 0.654. The minimum Gasteiger partial charge on any atom is -0.384 e. The molecule has 2 aromatic rings. The van der Waals surface area contributed by atoms with Gasteiger partial charge in [0.1, 0.15) is 11.7 Å². The van der Waals surface area contributed by atoms with Gasteiger partial charge in [0.15, 0.2) is 0 Å². The molecule has 0 aliphatic heterocycles. The fraction of sp³-hybridized carbons (Fsp3) is 0.0714. The molecule has 0 aliphatic rings. The first-order valence-corrected chi connectivity index (χ1v) is 6.26. The van der Waals surface area contributed by atoms with Crippen LogP contribution in [0.5, 0.6) is 0 Å². The first kappa shape index (κ1) is 12.6. The Balaban J connectivity index is 2.24. The van der Waals surface area contributed by atoms with E-state index in [0.29, 0.717) is 0 Å². The summed E-state index contributed by atoms with van der Waals surface area (Å²) in [6.45, 7) is 1.97. The molecule has 0 fully saturated rings. The first-order chi connectivity index (χ1) is 8.56. The molecule has 0 heterocycles. The Morgan fingerprint density at radius 1 is 1.17 bits per heavy atom. The van der Waals surface area contributed by atoms with Crippen LogP contribution in [-0.4, -0.2) is 5.84 Å². The van der Waals surface area contributed by atoms with Gasteiger partial charge in [0.05, 0.1) is 0 Å². The van der Waals surface area contributed by atoms with Gasteiger partial charge < -0.3 is 5.73 Å². The van der Waals surface area contributed by atoms with Gasteiger partial charge in [-0.1, -0.05) is 17.8 Å². The summed E-state index contributed by atoms with van der Waals surface area (Å²) >= 11 is 1.57. The van der Waals surface area contributed by atoms with Crippen LogP contribution in [0.2, 0.25) is 0 Å². The zero-order valence-electron chi connectivity index (χ0n) is 9.91. The molecular weight excluding hydrogens is 247 g/mol. The van der Waals surface area contributed by atoms with Crippen LogP contribution in [0.1, 0.15) is 11.1 Å². The van der Waals surface area contributed by atoms with Gasteiger partial charge in [-0.05, 0) is 48.9 Å². The minimum atomic E-state index is -0.233. The molecule has 0 spiro atoms. The van der Waals surface area contributed by atoms with E-state index in [2.05, 4.69) is 0 Å². The van der Waals surface area contributed by atoms with Crippen LogP contribution in [0, 0.1) is 18.2 Å². The van der Waals surface area contributed by atoms with Crippen molar-refractivity contribution in [1.82, 2.24) is 0 Å². The van der Waals surface area contributed by atoms with Crippen LogP contribution in [0.15, 0.2) is 52.3 Å². The second-order valence-electron chi connectivity index (χ2n) is 3.95. The van der Waals surface area contributed by atoms with E-state index in [1.54, 1.807) is 23.9 Å². The molecule has 0 unspecified atom stereocenters. The summed E-state index contributed by atoms with van der Waals surface area (Å²) in [6.07, 6.45) is 0. The Morgan fingerprint density at radius 2 is 1.83 bits per heavy atom. The maximum absolute atomic E-state index is 12.8. The Morgan fingerprint density at radius 3 is 2.39 bits per heavy atom. The van der Waals surface area contributed by atoms with Gasteiger partial charge in [-0.3, -0.25) is 5.41 Å². The van der Waals surface area contributed by atoms with E-state index in [4.69, 9.17) is 11.1 Å². The lowest BCUT2D eigenvalue weighted by molar-refractivity contribution is 0.626. The Kier molecular flexibility index (Phi) is 3.67. The molecular formula is C14H13FN2S. The van der Waals surface area contributed by atoms with Gasteiger partial charge in [-0.15, -0.1) is 0 Å². The second-order valence-corrected chi connectivity index (χ2v) is 5.07. The normalized spacial score (nSPS) is 10.3. The number of amidine groups is 1. The molecule has 0 aliphatic carbocycles. The minimum absolute atomic E-state index is 0.0661. The van der Waals surface area contributed by atoms with Crippen LogP contribution < -0.4 is 5.73 Å². The molecule has 0 radical (unpaired) electrons. The van der Waals surface area contributed by atoms with E-state index in [1.807, 2.05) is 25.1 Å². The van der Waals surface area contributed by atoms with E-state index in [1.165, 1.54) is 12.1 Å². The average Bonchev–Trinajstić information content (AvgIpc) is 2.34. The average molecular weight is 260 g/mol. The van der Waals surface area contributed by atoms with Crippen molar-refractivity contribution in [1.29, 1.82) is 5.41 Å². The maximum atomic E-state index is 12.8. The highest BCUT2D eigenvalue weighted by atomic mass is 32.2. The van der Waals surface area contributed by atoms with Gasteiger partial charge in [0.25, 0.3) is 0 Å². The van der Waals surface area contributed by atoms with Crippen LogP contribution in [0.25, 0.3) is 0 Å². The molecule has 0 bridgehead atoms. The van der Waals surface area contributed by atoms with Crippen molar-refractivity contribution in [2.45, 2.75) is 16.7 Å². The molecule has 92 valence electrons. The highest BCUT2D eigenvalue weighted by Crippen LogP contribution is 2.30. The zero-order chi connectivity index (χ0) is 13.1. The summed E-state index contributed by atoms with van der Waals surface area (Å²) in [5.41, 5.74) is 7.21. The third kappa shape index (κ3) is 2.90. The Labute approximate surface area is 110 Å². The number of nitrogen functional groups attached to an aromatic ring is 1. The molecule has 2 nitrogen and oxygen atoms in total. The number of halogens is 1. The number of hydrogen-bond donors (Lipinski definition) is 2. The summed E-state index contributed by atoms with van der Waals surface area (Å²) in [6, 6.07) is 12.0. The van der Waals surface area contributed by atoms with Gasteiger partial charge in [-0.25, -0.2) is 4.39 Å². The molecule has 2 aromatic carbocycles. The van der Waals surface area contributed by atoms with Crippen molar-refractivity contribution in [2.24, 2.45) is 5.73 Å². The molecule has 0 aromatic heterocycles. The molecule has 0 amide bonds. The van der Waals surface area contributed by atoms with Crippen molar-refractivity contribution in [3.63, 3.8) is 0 Å². The largest absolute Gasteiger partial charge is 0.384 e. The topological polar surface area (TPSA) is 49.9 Å². The van der Waals surface area contributed by atoms with Crippen molar-refractivity contribution in [2.75, 3.05) is 0 Å². The highest BCUT2D eigenvalue weighted by Gasteiger charge is 2.04. The van der Waals surface area contributed by atoms with Crippen molar-refractivity contribution < 1.29 is 4.39 Å². The number of aryl methyl sites for hydroxylation is 1. The number of rotatable bonds is 3. The van der Waals surface area contributed by atoms with Gasteiger partial charge in [-0.2, -0.15) is 0 Å². The summed E-state index contributed by atoms with van der Waals surface area (Å²) in [5, 5.41) is 7.38.